The number of ether oxygens (including phenoxy) is 2. The Kier molecular flexibility index (Phi) is 7.29. The van der Waals surface area contributed by atoms with E-state index in [1.807, 2.05) is 13.8 Å². The van der Waals surface area contributed by atoms with Gasteiger partial charge in [0, 0.05) is 10.6 Å². The van der Waals surface area contributed by atoms with E-state index in [0.717, 1.165) is 12.0 Å². The zero-order valence-corrected chi connectivity index (χ0v) is 15.4. The van der Waals surface area contributed by atoms with Crippen LogP contribution in [0.3, 0.4) is 0 Å². The van der Waals surface area contributed by atoms with Crippen LogP contribution in [0.2, 0.25) is 5.02 Å². The van der Waals surface area contributed by atoms with Crippen molar-refractivity contribution in [3.8, 4) is 11.5 Å². The Bertz CT molecular complexity index is 763. The fourth-order valence-corrected chi connectivity index (χ4v) is 2.30. The lowest BCUT2D eigenvalue weighted by atomic mass is 10.2. The monoisotopic (exact) mass is 376 g/mol. The van der Waals surface area contributed by atoms with Crippen molar-refractivity contribution in [3.05, 3.63) is 58.6 Å². The molecular weight excluding hydrogens is 356 g/mol. The van der Waals surface area contributed by atoms with Crippen molar-refractivity contribution in [2.24, 2.45) is 0 Å². The third-order valence-corrected chi connectivity index (χ3v) is 3.64. The lowest BCUT2D eigenvalue weighted by molar-refractivity contribution is -0.123. The standard InChI is InChI=1S/C19H21ClN2O4/c1-3-10-25-16-7-4-14(5-8-16)19(24)22-21-18(23)12-26-17-9-6-15(20)11-13(17)2/h4-9,11H,3,10,12H2,1-2H3,(H,21,23)(H,22,24). The van der Waals surface area contributed by atoms with Crippen LogP contribution >= 0.6 is 11.6 Å². The van der Waals surface area contributed by atoms with E-state index in [-0.39, 0.29) is 6.61 Å². The summed E-state index contributed by atoms with van der Waals surface area (Å²) < 4.78 is 10.9. The zero-order chi connectivity index (χ0) is 18.9. The van der Waals surface area contributed by atoms with Crippen LogP contribution in [0, 0.1) is 6.92 Å². The van der Waals surface area contributed by atoms with Gasteiger partial charge in [-0.15, -0.1) is 0 Å². The molecule has 0 aliphatic rings. The number of nitrogens with one attached hydrogen (secondary N) is 2. The first-order valence-corrected chi connectivity index (χ1v) is 8.58. The first kappa shape index (κ1) is 19.6. The van der Waals surface area contributed by atoms with Gasteiger partial charge in [-0.3, -0.25) is 20.4 Å². The number of benzene rings is 2. The molecule has 0 radical (unpaired) electrons. The van der Waals surface area contributed by atoms with E-state index in [1.165, 1.54) is 0 Å². The van der Waals surface area contributed by atoms with E-state index >= 15 is 0 Å². The molecule has 0 aliphatic carbocycles. The first-order valence-electron chi connectivity index (χ1n) is 8.20. The second-order valence-electron chi connectivity index (χ2n) is 5.57. The number of aryl methyl sites for hydroxylation is 1. The molecule has 2 rings (SSSR count). The average Bonchev–Trinajstić information content (AvgIpc) is 2.64. The van der Waals surface area contributed by atoms with E-state index in [1.54, 1.807) is 42.5 Å². The molecule has 7 heteroatoms. The molecule has 26 heavy (non-hydrogen) atoms. The van der Waals surface area contributed by atoms with Gasteiger partial charge in [0.25, 0.3) is 11.8 Å². The van der Waals surface area contributed by atoms with Gasteiger partial charge in [-0.2, -0.15) is 0 Å². The molecule has 138 valence electrons. The fourth-order valence-electron chi connectivity index (χ4n) is 2.08. The molecule has 2 N–H and O–H groups in total. The number of rotatable bonds is 7. The van der Waals surface area contributed by atoms with Crippen LogP contribution in [0.25, 0.3) is 0 Å². The van der Waals surface area contributed by atoms with Crippen molar-refractivity contribution in [2.45, 2.75) is 20.3 Å². The van der Waals surface area contributed by atoms with E-state index in [4.69, 9.17) is 21.1 Å². The summed E-state index contributed by atoms with van der Waals surface area (Å²) in [6.45, 7) is 4.23. The predicted molar refractivity (Wildman–Crippen MR) is 99.5 cm³/mol. The second-order valence-corrected chi connectivity index (χ2v) is 6.01. The second kappa shape index (κ2) is 9.68. The molecule has 0 bridgehead atoms. The Morgan fingerprint density at radius 2 is 1.77 bits per heavy atom. The highest BCUT2D eigenvalue weighted by atomic mass is 35.5. The number of carbonyl (C=O) groups excluding carboxylic acids is 2. The molecular formula is C19H21ClN2O4. The summed E-state index contributed by atoms with van der Waals surface area (Å²) in [6.07, 6.45) is 0.909. The van der Waals surface area contributed by atoms with E-state index in [0.29, 0.717) is 28.7 Å². The highest BCUT2D eigenvalue weighted by Gasteiger charge is 2.09. The molecule has 2 amide bonds. The zero-order valence-electron chi connectivity index (χ0n) is 14.7. The highest BCUT2D eigenvalue weighted by molar-refractivity contribution is 6.30. The summed E-state index contributed by atoms with van der Waals surface area (Å²) in [5.41, 5.74) is 5.88. The van der Waals surface area contributed by atoms with Gasteiger partial charge < -0.3 is 9.47 Å². The van der Waals surface area contributed by atoms with Gasteiger partial charge in [-0.25, -0.2) is 0 Å². The third kappa shape index (κ3) is 5.97. The minimum absolute atomic E-state index is 0.230. The molecule has 0 aliphatic heterocycles. The van der Waals surface area contributed by atoms with Crippen LogP contribution in [0.5, 0.6) is 11.5 Å². The maximum atomic E-state index is 12.0. The summed E-state index contributed by atoms with van der Waals surface area (Å²) in [5, 5.41) is 0.595. The summed E-state index contributed by atoms with van der Waals surface area (Å²) in [4.78, 5) is 23.8. The molecule has 0 heterocycles. The van der Waals surface area contributed by atoms with Gasteiger partial charge in [-0.1, -0.05) is 18.5 Å². The van der Waals surface area contributed by atoms with Crippen molar-refractivity contribution in [1.82, 2.24) is 10.9 Å². The normalized spacial score (nSPS) is 10.1. The van der Waals surface area contributed by atoms with Crippen LogP contribution < -0.4 is 20.3 Å². The SMILES string of the molecule is CCCOc1ccc(C(=O)NNC(=O)COc2ccc(Cl)cc2C)cc1. The van der Waals surface area contributed by atoms with Gasteiger partial charge in [0.1, 0.15) is 11.5 Å². The smallest absolute Gasteiger partial charge is 0.276 e. The Labute approximate surface area is 157 Å². The van der Waals surface area contributed by atoms with Crippen molar-refractivity contribution in [3.63, 3.8) is 0 Å². The summed E-state index contributed by atoms with van der Waals surface area (Å²) >= 11 is 5.87. The van der Waals surface area contributed by atoms with Crippen LogP contribution in [-0.4, -0.2) is 25.0 Å². The lowest BCUT2D eigenvalue weighted by Gasteiger charge is -2.11. The molecule has 0 atom stereocenters. The van der Waals surface area contributed by atoms with Crippen molar-refractivity contribution in [1.29, 1.82) is 0 Å². The fraction of sp³-hybridized carbons (Fsp3) is 0.263. The largest absolute Gasteiger partial charge is 0.494 e. The van der Waals surface area contributed by atoms with Crippen LogP contribution in [0.15, 0.2) is 42.5 Å². The van der Waals surface area contributed by atoms with Crippen LogP contribution in [0.1, 0.15) is 29.3 Å². The highest BCUT2D eigenvalue weighted by Crippen LogP contribution is 2.21. The topological polar surface area (TPSA) is 76.7 Å². The van der Waals surface area contributed by atoms with Gasteiger partial charge in [0.2, 0.25) is 0 Å². The number of amides is 2. The van der Waals surface area contributed by atoms with E-state index in [2.05, 4.69) is 10.9 Å². The Hall–Kier alpha value is -2.73. The molecule has 0 fully saturated rings. The van der Waals surface area contributed by atoms with Crippen molar-refractivity contribution in [2.75, 3.05) is 13.2 Å². The van der Waals surface area contributed by atoms with Crippen molar-refractivity contribution < 1.29 is 19.1 Å². The molecule has 2 aromatic rings. The molecule has 6 nitrogen and oxygen atoms in total. The number of hydrogen-bond acceptors (Lipinski definition) is 4. The molecule has 0 saturated carbocycles. The number of hydrogen-bond donors (Lipinski definition) is 2. The maximum absolute atomic E-state index is 12.0. The van der Waals surface area contributed by atoms with Gasteiger partial charge in [-0.05, 0) is 61.4 Å². The molecule has 2 aromatic carbocycles. The first-order chi connectivity index (χ1) is 12.5. The number of hydrazine groups is 1. The molecule has 0 unspecified atom stereocenters. The lowest BCUT2D eigenvalue weighted by Crippen LogP contribution is -2.43. The Balaban J connectivity index is 1.78. The average molecular weight is 377 g/mol. The van der Waals surface area contributed by atoms with Gasteiger partial charge >= 0.3 is 0 Å². The van der Waals surface area contributed by atoms with Crippen LogP contribution in [-0.2, 0) is 4.79 Å². The quantitative estimate of drug-likeness (QED) is 0.727. The Morgan fingerprint density at radius 1 is 1.04 bits per heavy atom. The third-order valence-electron chi connectivity index (χ3n) is 3.40. The van der Waals surface area contributed by atoms with E-state index < -0.39 is 11.8 Å². The molecule has 0 saturated heterocycles. The molecule has 0 spiro atoms. The molecule has 0 aromatic heterocycles. The number of halogens is 1. The minimum Gasteiger partial charge on any atom is -0.494 e. The van der Waals surface area contributed by atoms with Gasteiger partial charge in [0.05, 0.1) is 6.61 Å². The summed E-state index contributed by atoms with van der Waals surface area (Å²) in [7, 11) is 0. The van der Waals surface area contributed by atoms with Crippen molar-refractivity contribution >= 4 is 23.4 Å². The summed E-state index contributed by atoms with van der Waals surface area (Å²) in [5.74, 6) is 0.344. The van der Waals surface area contributed by atoms with E-state index in [9.17, 15) is 9.59 Å². The Morgan fingerprint density at radius 3 is 2.42 bits per heavy atom. The maximum Gasteiger partial charge on any atom is 0.276 e. The van der Waals surface area contributed by atoms with Gasteiger partial charge in [0.15, 0.2) is 6.61 Å². The predicted octanol–water partition coefficient (Wildman–Crippen LogP) is 3.28. The number of carbonyl (C=O) groups is 2. The minimum atomic E-state index is -0.476. The van der Waals surface area contributed by atoms with Crippen LogP contribution in [0.4, 0.5) is 0 Å². The summed E-state index contributed by atoms with van der Waals surface area (Å²) in [6, 6.07) is 11.8.